The summed E-state index contributed by atoms with van der Waals surface area (Å²) in [5, 5.41) is 8.67. The number of ether oxygens (including phenoxy) is 1. The van der Waals surface area contributed by atoms with E-state index >= 15 is 0 Å². The lowest BCUT2D eigenvalue weighted by atomic mass is 10.1. The topological polar surface area (TPSA) is 46.5 Å². The lowest BCUT2D eigenvalue weighted by Crippen LogP contribution is -2.21. The van der Waals surface area contributed by atoms with Crippen LogP contribution in [0, 0.1) is 0 Å². The molecule has 0 aromatic heterocycles. The Hall–Kier alpha value is -1.01. The average Bonchev–Trinajstić information content (AvgIpc) is 2.16. The predicted octanol–water partition coefficient (Wildman–Crippen LogP) is 2.89. The van der Waals surface area contributed by atoms with Crippen LogP contribution in [0.3, 0.4) is 0 Å². The number of alkyl halides is 2. The summed E-state index contributed by atoms with van der Waals surface area (Å²) in [6.07, 6.45) is 0. The van der Waals surface area contributed by atoms with Gasteiger partial charge >= 0.3 is 5.97 Å². The molecule has 1 N–H and O–H groups in total. The number of carboxylic acids is 1. The van der Waals surface area contributed by atoms with Crippen molar-refractivity contribution < 1.29 is 23.4 Å². The third-order valence-corrected chi connectivity index (χ3v) is 2.59. The molecular weight excluding hydrogens is 286 g/mol. The third-order valence-electron chi connectivity index (χ3n) is 1.94. The molecule has 0 aliphatic heterocycles. The Balaban J connectivity index is 3.12. The normalized spacial score (nSPS) is 11.5. The molecule has 16 heavy (non-hydrogen) atoms. The van der Waals surface area contributed by atoms with Crippen LogP contribution in [-0.2, 0) is 10.7 Å². The fraction of sp³-hybridized carbons (Fsp3) is 0.300. The summed E-state index contributed by atoms with van der Waals surface area (Å²) in [5.41, 5.74) is -0.344. The summed E-state index contributed by atoms with van der Waals surface area (Å²) in [4.78, 5) is 10.6. The summed E-state index contributed by atoms with van der Waals surface area (Å²) in [7, 11) is 1.17. The number of hydrogen-bond donors (Lipinski definition) is 1. The van der Waals surface area contributed by atoms with Crippen LogP contribution in [-0.4, -0.2) is 24.8 Å². The van der Waals surface area contributed by atoms with E-state index in [0.717, 1.165) is 18.2 Å². The van der Waals surface area contributed by atoms with Crippen molar-refractivity contribution in [1.82, 2.24) is 0 Å². The Morgan fingerprint density at radius 2 is 2.19 bits per heavy atom. The second-order valence-corrected chi connectivity index (χ2v) is 3.99. The first-order valence-corrected chi connectivity index (χ1v) is 5.08. The molecule has 0 fully saturated rings. The van der Waals surface area contributed by atoms with Gasteiger partial charge in [0.05, 0.1) is 5.56 Å². The van der Waals surface area contributed by atoms with E-state index in [0.29, 0.717) is 0 Å². The van der Waals surface area contributed by atoms with Gasteiger partial charge in [0.1, 0.15) is 6.61 Å². The Kier molecular flexibility index (Phi) is 3.98. The van der Waals surface area contributed by atoms with Crippen LogP contribution in [0.2, 0.25) is 0 Å². The first-order chi connectivity index (χ1) is 7.38. The van der Waals surface area contributed by atoms with Gasteiger partial charge in [-0.05, 0) is 12.1 Å². The third kappa shape index (κ3) is 2.76. The quantitative estimate of drug-likeness (QED) is 0.929. The number of halogens is 3. The lowest BCUT2D eigenvalue weighted by Gasteiger charge is -2.17. The van der Waals surface area contributed by atoms with E-state index in [1.165, 1.54) is 7.11 Å². The van der Waals surface area contributed by atoms with Crippen LogP contribution >= 0.6 is 15.9 Å². The highest BCUT2D eigenvalue weighted by molar-refractivity contribution is 9.10. The SMILES string of the molecule is COCC(F)(F)c1ccc(C(=O)O)cc1Br. The van der Waals surface area contributed by atoms with Crippen molar-refractivity contribution in [2.45, 2.75) is 5.92 Å². The average molecular weight is 295 g/mol. The highest BCUT2D eigenvalue weighted by Gasteiger charge is 2.33. The molecule has 3 nitrogen and oxygen atoms in total. The molecule has 0 unspecified atom stereocenters. The summed E-state index contributed by atoms with van der Waals surface area (Å²) in [6.45, 7) is -0.752. The number of hydrogen-bond acceptors (Lipinski definition) is 2. The standard InChI is InChI=1S/C10H9BrF2O3/c1-16-5-10(12,13)7-3-2-6(9(14)15)4-8(7)11/h2-4H,5H2,1H3,(H,14,15). The Bertz CT molecular complexity index is 407. The summed E-state index contributed by atoms with van der Waals surface area (Å²) in [6, 6.07) is 3.35. The highest BCUT2D eigenvalue weighted by atomic mass is 79.9. The van der Waals surface area contributed by atoms with Gasteiger partial charge in [0.2, 0.25) is 0 Å². The maximum absolute atomic E-state index is 13.4. The molecule has 88 valence electrons. The molecule has 1 rings (SSSR count). The minimum Gasteiger partial charge on any atom is -0.478 e. The molecule has 0 saturated heterocycles. The first kappa shape index (κ1) is 13.1. The first-order valence-electron chi connectivity index (χ1n) is 4.28. The van der Waals surface area contributed by atoms with Crippen molar-refractivity contribution in [3.05, 3.63) is 33.8 Å². The van der Waals surface area contributed by atoms with E-state index in [1.54, 1.807) is 0 Å². The van der Waals surface area contributed by atoms with Crippen molar-refractivity contribution in [2.24, 2.45) is 0 Å². The van der Waals surface area contributed by atoms with Gasteiger partial charge < -0.3 is 9.84 Å². The van der Waals surface area contributed by atoms with Crippen LogP contribution < -0.4 is 0 Å². The molecule has 0 radical (unpaired) electrons. The highest BCUT2D eigenvalue weighted by Crippen LogP contribution is 2.34. The van der Waals surface area contributed by atoms with E-state index in [4.69, 9.17) is 5.11 Å². The van der Waals surface area contributed by atoms with Gasteiger partial charge in [0.15, 0.2) is 0 Å². The molecular formula is C10H9BrF2O3. The second kappa shape index (κ2) is 4.88. The Morgan fingerprint density at radius 3 is 2.62 bits per heavy atom. The zero-order valence-corrected chi connectivity index (χ0v) is 9.92. The maximum Gasteiger partial charge on any atom is 0.335 e. The second-order valence-electron chi connectivity index (χ2n) is 3.14. The van der Waals surface area contributed by atoms with Crippen LogP contribution in [0.4, 0.5) is 8.78 Å². The predicted molar refractivity (Wildman–Crippen MR) is 56.9 cm³/mol. The van der Waals surface area contributed by atoms with Crippen LogP contribution in [0.5, 0.6) is 0 Å². The van der Waals surface area contributed by atoms with Crippen molar-refractivity contribution in [1.29, 1.82) is 0 Å². The largest absolute Gasteiger partial charge is 0.478 e. The van der Waals surface area contributed by atoms with Gasteiger partial charge in [-0.3, -0.25) is 0 Å². The van der Waals surface area contributed by atoms with Gasteiger partial charge in [-0.2, -0.15) is 8.78 Å². The number of rotatable bonds is 4. The lowest BCUT2D eigenvalue weighted by molar-refractivity contribution is -0.0703. The molecule has 0 aliphatic rings. The molecule has 0 saturated carbocycles. The number of benzene rings is 1. The molecule has 0 amide bonds. The summed E-state index contributed by atoms with van der Waals surface area (Å²) in [5.74, 6) is -4.31. The zero-order chi connectivity index (χ0) is 12.3. The van der Waals surface area contributed by atoms with Gasteiger partial charge in [-0.15, -0.1) is 0 Å². The number of methoxy groups -OCH3 is 1. The molecule has 0 spiro atoms. The minimum atomic E-state index is -3.15. The van der Waals surface area contributed by atoms with Crippen LogP contribution in [0.15, 0.2) is 22.7 Å². The van der Waals surface area contributed by atoms with Crippen LogP contribution in [0.25, 0.3) is 0 Å². The maximum atomic E-state index is 13.4. The van der Waals surface area contributed by atoms with Gasteiger partial charge in [0.25, 0.3) is 5.92 Å². The minimum absolute atomic E-state index is 0.0504. The molecule has 0 bridgehead atoms. The molecule has 6 heteroatoms. The Labute approximate surface area is 99.2 Å². The number of carboxylic acid groups (broad SMARTS) is 1. The van der Waals surface area contributed by atoms with Crippen molar-refractivity contribution in [3.63, 3.8) is 0 Å². The van der Waals surface area contributed by atoms with E-state index in [1.807, 2.05) is 0 Å². The van der Waals surface area contributed by atoms with Crippen molar-refractivity contribution >= 4 is 21.9 Å². The van der Waals surface area contributed by atoms with Gasteiger partial charge in [-0.25, -0.2) is 4.79 Å². The van der Waals surface area contributed by atoms with Crippen molar-refractivity contribution in [3.8, 4) is 0 Å². The fourth-order valence-corrected chi connectivity index (χ4v) is 1.87. The molecule has 0 aliphatic carbocycles. The monoisotopic (exact) mass is 294 g/mol. The van der Waals surface area contributed by atoms with E-state index in [9.17, 15) is 13.6 Å². The van der Waals surface area contributed by atoms with E-state index < -0.39 is 18.5 Å². The van der Waals surface area contributed by atoms with Gasteiger partial charge in [0, 0.05) is 17.1 Å². The Morgan fingerprint density at radius 1 is 1.56 bits per heavy atom. The van der Waals surface area contributed by atoms with Gasteiger partial charge in [-0.1, -0.05) is 22.0 Å². The van der Waals surface area contributed by atoms with E-state index in [-0.39, 0.29) is 15.6 Å². The summed E-state index contributed by atoms with van der Waals surface area (Å²) >= 11 is 2.92. The fourth-order valence-electron chi connectivity index (χ4n) is 1.20. The molecule has 1 aromatic carbocycles. The molecule has 1 aromatic rings. The van der Waals surface area contributed by atoms with E-state index in [2.05, 4.69) is 20.7 Å². The summed E-state index contributed by atoms with van der Waals surface area (Å²) < 4.78 is 31.4. The number of carbonyl (C=O) groups is 1. The zero-order valence-electron chi connectivity index (χ0n) is 8.34. The van der Waals surface area contributed by atoms with Crippen LogP contribution in [0.1, 0.15) is 15.9 Å². The molecule has 0 atom stereocenters. The molecule has 0 heterocycles. The smallest absolute Gasteiger partial charge is 0.335 e. The number of aromatic carboxylic acids is 1. The van der Waals surface area contributed by atoms with Crippen molar-refractivity contribution in [2.75, 3.05) is 13.7 Å².